The van der Waals surface area contributed by atoms with E-state index in [9.17, 15) is 13.2 Å². The molecule has 1 unspecified atom stereocenters. The summed E-state index contributed by atoms with van der Waals surface area (Å²) in [6, 6.07) is 12.9. The first-order valence-electron chi connectivity index (χ1n) is 8.08. The molecule has 1 aliphatic rings. The van der Waals surface area contributed by atoms with E-state index < -0.39 is 15.9 Å². The molecular weight excluding hydrogens is 342 g/mol. The Bertz CT molecular complexity index is 840. The van der Waals surface area contributed by atoms with Crippen LogP contribution in [0.3, 0.4) is 0 Å². The van der Waals surface area contributed by atoms with Crippen molar-refractivity contribution in [1.82, 2.24) is 9.21 Å². The lowest BCUT2D eigenvalue weighted by Crippen LogP contribution is -2.49. The number of amides is 1. The summed E-state index contributed by atoms with van der Waals surface area (Å²) in [6.07, 6.45) is 0. The van der Waals surface area contributed by atoms with Crippen molar-refractivity contribution < 1.29 is 17.6 Å². The highest BCUT2D eigenvalue weighted by atomic mass is 32.2. The van der Waals surface area contributed by atoms with E-state index in [1.807, 2.05) is 18.2 Å². The number of nitrogens with two attached hydrogens (primary N) is 1. The molecule has 1 saturated heterocycles. The van der Waals surface area contributed by atoms with Gasteiger partial charge in [0.05, 0.1) is 0 Å². The van der Waals surface area contributed by atoms with Crippen LogP contribution in [0.25, 0.3) is 0 Å². The minimum atomic E-state index is -3.76. The Morgan fingerprint density at radius 2 is 1.72 bits per heavy atom. The van der Waals surface area contributed by atoms with Gasteiger partial charge in [-0.15, -0.1) is 0 Å². The monoisotopic (exact) mass is 363 g/mol. The first kappa shape index (κ1) is 17.7. The van der Waals surface area contributed by atoms with E-state index >= 15 is 0 Å². The summed E-state index contributed by atoms with van der Waals surface area (Å²) in [5.41, 5.74) is 6.31. The van der Waals surface area contributed by atoms with Crippen molar-refractivity contribution in [2.24, 2.45) is 5.73 Å². The minimum absolute atomic E-state index is 0.157. The first-order chi connectivity index (χ1) is 11.9. The largest absolute Gasteiger partial charge is 0.438 e. The van der Waals surface area contributed by atoms with Gasteiger partial charge in [0, 0.05) is 32.2 Å². The van der Waals surface area contributed by atoms with Gasteiger partial charge in [0.25, 0.3) is 15.9 Å². The highest BCUT2D eigenvalue weighted by molar-refractivity contribution is 7.89. The second-order valence-electron chi connectivity index (χ2n) is 6.01. The van der Waals surface area contributed by atoms with Crippen LogP contribution in [0.2, 0.25) is 0 Å². The number of hydrogen-bond donors (Lipinski definition) is 1. The van der Waals surface area contributed by atoms with Crippen molar-refractivity contribution in [3.8, 4) is 0 Å². The summed E-state index contributed by atoms with van der Waals surface area (Å²) in [7, 11) is -3.76. The number of rotatable bonds is 5. The Balaban J connectivity index is 1.68. The number of piperazine rings is 1. The summed E-state index contributed by atoms with van der Waals surface area (Å²) >= 11 is 0. The summed E-state index contributed by atoms with van der Waals surface area (Å²) < 4.78 is 31.7. The van der Waals surface area contributed by atoms with E-state index in [1.165, 1.54) is 22.0 Å². The van der Waals surface area contributed by atoms with Crippen LogP contribution >= 0.6 is 0 Å². The molecule has 0 bridgehead atoms. The molecule has 1 aromatic heterocycles. The van der Waals surface area contributed by atoms with Gasteiger partial charge >= 0.3 is 0 Å². The SMILES string of the molecule is CC(c1ccccc1)N1CCN(S(=O)(=O)c2ccc(C(N)=O)o2)CC1. The molecule has 0 saturated carbocycles. The van der Waals surface area contributed by atoms with Crippen LogP contribution < -0.4 is 5.73 Å². The van der Waals surface area contributed by atoms with Crippen molar-refractivity contribution >= 4 is 15.9 Å². The van der Waals surface area contributed by atoms with Crippen molar-refractivity contribution in [3.63, 3.8) is 0 Å². The molecule has 1 atom stereocenters. The molecule has 0 spiro atoms. The normalized spacial score (nSPS) is 18.1. The zero-order chi connectivity index (χ0) is 18.0. The number of carbonyl (C=O) groups excluding carboxylic acids is 1. The average Bonchev–Trinajstić information content (AvgIpc) is 3.13. The highest BCUT2D eigenvalue weighted by Gasteiger charge is 2.32. The molecular formula is C17H21N3O4S. The van der Waals surface area contributed by atoms with Crippen molar-refractivity contribution in [3.05, 3.63) is 53.8 Å². The fraction of sp³-hybridized carbons (Fsp3) is 0.353. The number of sulfonamides is 1. The molecule has 7 nitrogen and oxygen atoms in total. The Hall–Kier alpha value is -2.16. The number of nitrogens with zero attached hydrogens (tertiary/aromatic N) is 2. The predicted octanol–water partition coefficient (Wildman–Crippen LogP) is 1.45. The molecule has 2 aromatic rings. The molecule has 0 aliphatic carbocycles. The van der Waals surface area contributed by atoms with Gasteiger partial charge in [-0.25, -0.2) is 8.42 Å². The zero-order valence-electron chi connectivity index (χ0n) is 14.0. The Morgan fingerprint density at radius 1 is 1.08 bits per heavy atom. The van der Waals surface area contributed by atoms with Gasteiger partial charge in [-0.3, -0.25) is 9.69 Å². The Kier molecular flexibility index (Phi) is 4.94. The van der Waals surface area contributed by atoms with Gasteiger partial charge < -0.3 is 10.2 Å². The number of hydrogen-bond acceptors (Lipinski definition) is 5. The number of carbonyl (C=O) groups is 1. The molecule has 1 fully saturated rings. The van der Waals surface area contributed by atoms with Crippen LogP contribution in [0.15, 0.2) is 52.0 Å². The lowest BCUT2D eigenvalue weighted by molar-refractivity contribution is 0.0968. The number of benzene rings is 1. The van der Waals surface area contributed by atoms with Crippen LogP contribution in [0.4, 0.5) is 0 Å². The molecule has 25 heavy (non-hydrogen) atoms. The van der Waals surface area contributed by atoms with Crippen LogP contribution in [-0.4, -0.2) is 49.7 Å². The van der Waals surface area contributed by atoms with E-state index in [2.05, 4.69) is 24.0 Å². The third kappa shape index (κ3) is 3.60. The quantitative estimate of drug-likeness (QED) is 0.867. The van der Waals surface area contributed by atoms with Gasteiger partial charge in [0.15, 0.2) is 5.76 Å². The van der Waals surface area contributed by atoms with Crippen LogP contribution in [0, 0.1) is 0 Å². The average molecular weight is 363 g/mol. The fourth-order valence-corrected chi connectivity index (χ4v) is 4.33. The van der Waals surface area contributed by atoms with E-state index in [1.54, 1.807) is 0 Å². The maximum atomic E-state index is 12.6. The molecule has 3 rings (SSSR count). The Labute approximate surface area is 147 Å². The second-order valence-corrected chi connectivity index (χ2v) is 7.88. The molecule has 134 valence electrons. The summed E-state index contributed by atoms with van der Waals surface area (Å²) in [5, 5.41) is -0.245. The number of primary amides is 1. The smallest absolute Gasteiger partial charge is 0.284 e. The minimum Gasteiger partial charge on any atom is -0.438 e. The molecule has 2 heterocycles. The third-order valence-electron chi connectivity index (χ3n) is 4.52. The molecule has 8 heteroatoms. The van der Waals surface area contributed by atoms with Gasteiger partial charge in [0.1, 0.15) is 0 Å². The van der Waals surface area contributed by atoms with Crippen LogP contribution in [0.5, 0.6) is 0 Å². The fourth-order valence-electron chi connectivity index (χ4n) is 2.99. The van der Waals surface area contributed by atoms with Crippen molar-refractivity contribution in [2.45, 2.75) is 18.1 Å². The highest BCUT2D eigenvalue weighted by Crippen LogP contribution is 2.24. The molecule has 0 radical (unpaired) electrons. The van der Waals surface area contributed by atoms with Gasteiger partial charge in [-0.05, 0) is 24.6 Å². The third-order valence-corrected chi connectivity index (χ3v) is 6.29. The molecule has 2 N–H and O–H groups in total. The summed E-state index contributed by atoms with van der Waals surface area (Å²) in [6.45, 7) is 4.10. The van der Waals surface area contributed by atoms with Crippen molar-refractivity contribution in [1.29, 1.82) is 0 Å². The van der Waals surface area contributed by atoms with Crippen LogP contribution in [-0.2, 0) is 10.0 Å². The van der Waals surface area contributed by atoms with Crippen molar-refractivity contribution in [2.75, 3.05) is 26.2 Å². The summed E-state index contributed by atoms with van der Waals surface area (Å²) in [5.74, 6) is -0.946. The topological polar surface area (TPSA) is 96.9 Å². The van der Waals surface area contributed by atoms with E-state index in [0.717, 1.165) is 0 Å². The van der Waals surface area contributed by atoms with Crippen LogP contribution in [0.1, 0.15) is 29.1 Å². The van der Waals surface area contributed by atoms with Gasteiger partial charge in [0.2, 0.25) is 5.09 Å². The Morgan fingerprint density at radius 3 is 2.28 bits per heavy atom. The summed E-state index contributed by atoms with van der Waals surface area (Å²) in [4.78, 5) is 13.3. The standard InChI is InChI=1S/C17H21N3O4S/c1-13(14-5-3-2-4-6-14)19-9-11-20(12-10-19)25(22,23)16-8-7-15(24-16)17(18)21/h2-8,13H,9-12H2,1H3,(H2,18,21). The zero-order valence-corrected chi connectivity index (χ0v) is 14.8. The lowest BCUT2D eigenvalue weighted by atomic mass is 10.1. The van der Waals surface area contributed by atoms with E-state index in [0.29, 0.717) is 26.2 Å². The maximum Gasteiger partial charge on any atom is 0.284 e. The van der Waals surface area contributed by atoms with Gasteiger partial charge in [-0.2, -0.15) is 4.31 Å². The number of furan rings is 1. The van der Waals surface area contributed by atoms with Gasteiger partial charge in [-0.1, -0.05) is 30.3 Å². The molecule has 1 amide bonds. The lowest BCUT2D eigenvalue weighted by Gasteiger charge is -2.37. The van der Waals surface area contributed by atoms with E-state index in [-0.39, 0.29) is 16.9 Å². The predicted molar refractivity (Wildman–Crippen MR) is 92.4 cm³/mol. The van der Waals surface area contributed by atoms with E-state index in [4.69, 9.17) is 10.2 Å². The first-order valence-corrected chi connectivity index (χ1v) is 9.52. The second kappa shape index (κ2) is 6.99. The maximum absolute atomic E-state index is 12.6. The molecule has 1 aliphatic heterocycles. The molecule has 1 aromatic carbocycles.